The maximum Gasteiger partial charge on any atom is 0.0558 e. The highest BCUT2D eigenvalue weighted by Crippen LogP contribution is 2.20. The molecule has 1 aromatic carbocycles. The second-order valence-electron chi connectivity index (χ2n) is 4.51. The number of likely N-dealkylation sites (N-methyl/N-ethyl adjacent to an activating group) is 1. The zero-order valence-electron chi connectivity index (χ0n) is 11.1. The molecule has 17 heavy (non-hydrogen) atoms. The Balaban J connectivity index is 2.57. The minimum absolute atomic E-state index is 0.227. The molecule has 0 aliphatic rings. The third kappa shape index (κ3) is 4.46. The molecule has 1 atom stereocenters. The summed E-state index contributed by atoms with van der Waals surface area (Å²) in [6.45, 7) is 4.10. The van der Waals surface area contributed by atoms with Crippen molar-refractivity contribution in [3.8, 4) is 0 Å². The second-order valence-corrected chi connectivity index (χ2v) is 4.51. The van der Waals surface area contributed by atoms with Gasteiger partial charge in [-0.1, -0.05) is 24.3 Å². The molecule has 0 aliphatic carbocycles. The van der Waals surface area contributed by atoms with Crippen LogP contribution >= 0.6 is 0 Å². The molecule has 0 saturated carbocycles. The quantitative estimate of drug-likeness (QED) is 0.754. The molecule has 3 nitrogen and oxygen atoms in total. The molecular formula is C14H24N2O. The van der Waals surface area contributed by atoms with E-state index in [1.165, 1.54) is 11.1 Å². The monoisotopic (exact) mass is 236 g/mol. The van der Waals surface area contributed by atoms with E-state index in [1.807, 2.05) is 14.1 Å². The van der Waals surface area contributed by atoms with Gasteiger partial charge in [0.1, 0.15) is 0 Å². The highest BCUT2D eigenvalue weighted by Gasteiger charge is 2.11. The van der Waals surface area contributed by atoms with Crippen molar-refractivity contribution in [1.82, 2.24) is 10.2 Å². The molecular weight excluding hydrogens is 212 g/mol. The van der Waals surface area contributed by atoms with Crippen LogP contribution in [0.3, 0.4) is 0 Å². The van der Waals surface area contributed by atoms with Crippen LogP contribution in [0, 0.1) is 6.92 Å². The van der Waals surface area contributed by atoms with E-state index in [0.29, 0.717) is 6.04 Å². The fraction of sp³-hybridized carbons (Fsp3) is 0.571. The van der Waals surface area contributed by atoms with E-state index in [-0.39, 0.29) is 6.61 Å². The third-order valence-corrected chi connectivity index (χ3v) is 3.19. The first-order valence-corrected chi connectivity index (χ1v) is 6.21. The average molecular weight is 236 g/mol. The predicted octanol–water partition coefficient (Wildman–Crippen LogP) is 1.57. The number of benzene rings is 1. The fourth-order valence-electron chi connectivity index (χ4n) is 2.07. The molecule has 0 radical (unpaired) electrons. The lowest BCUT2D eigenvalue weighted by Gasteiger charge is -2.22. The molecule has 0 aromatic heterocycles. The normalized spacial score (nSPS) is 13.0. The Morgan fingerprint density at radius 2 is 2.00 bits per heavy atom. The van der Waals surface area contributed by atoms with Crippen LogP contribution in [0.5, 0.6) is 0 Å². The highest BCUT2D eigenvalue weighted by atomic mass is 16.3. The summed E-state index contributed by atoms with van der Waals surface area (Å²) < 4.78 is 0. The van der Waals surface area contributed by atoms with Gasteiger partial charge in [0.15, 0.2) is 0 Å². The lowest BCUT2D eigenvalue weighted by Crippen LogP contribution is -2.27. The maximum absolute atomic E-state index is 8.86. The van der Waals surface area contributed by atoms with Gasteiger partial charge in [-0.2, -0.15) is 0 Å². The van der Waals surface area contributed by atoms with Gasteiger partial charge in [-0.3, -0.25) is 0 Å². The molecule has 0 aliphatic heterocycles. The smallest absolute Gasteiger partial charge is 0.0558 e. The van der Waals surface area contributed by atoms with Crippen LogP contribution in [-0.4, -0.2) is 43.8 Å². The van der Waals surface area contributed by atoms with Gasteiger partial charge < -0.3 is 15.3 Å². The molecule has 96 valence electrons. The van der Waals surface area contributed by atoms with Gasteiger partial charge in [-0.25, -0.2) is 0 Å². The van der Waals surface area contributed by atoms with Crippen molar-refractivity contribution in [2.24, 2.45) is 0 Å². The Bertz CT molecular complexity index is 328. The summed E-state index contributed by atoms with van der Waals surface area (Å²) in [6, 6.07) is 8.88. The van der Waals surface area contributed by atoms with Crippen molar-refractivity contribution in [3.63, 3.8) is 0 Å². The van der Waals surface area contributed by atoms with E-state index < -0.39 is 0 Å². The summed E-state index contributed by atoms with van der Waals surface area (Å²) in [4.78, 5) is 2.16. The first kappa shape index (κ1) is 14.2. The van der Waals surface area contributed by atoms with Gasteiger partial charge >= 0.3 is 0 Å². The van der Waals surface area contributed by atoms with E-state index in [2.05, 4.69) is 41.4 Å². The fourth-order valence-corrected chi connectivity index (χ4v) is 2.07. The average Bonchev–Trinajstić information content (AvgIpc) is 2.32. The summed E-state index contributed by atoms with van der Waals surface area (Å²) in [5.41, 5.74) is 2.70. The number of rotatable bonds is 7. The topological polar surface area (TPSA) is 35.5 Å². The summed E-state index contributed by atoms with van der Waals surface area (Å²) in [5, 5.41) is 12.2. The van der Waals surface area contributed by atoms with Crippen LogP contribution in [-0.2, 0) is 0 Å². The number of nitrogens with one attached hydrogen (secondary N) is 1. The molecule has 0 amide bonds. The van der Waals surface area contributed by atoms with Gasteiger partial charge in [0.25, 0.3) is 0 Å². The lowest BCUT2D eigenvalue weighted by molar-refractivity contribution is 0.216. The van der Waals surface area contributed by atoms with Crippen molar-refractivity contribution in [3.05, 3.63) is 35.4 Å². The van der Waals surface area contributed by atoms with Gasteiger partial charge in [-0.05, 0) is 45.1 Å². The van der Waals surface area contributed by atoms with Gasteiger partial charge in [0, 0.05) is 12.6 Å². The zero-order valence-corrected chi connectivity index (χ0v) is 11.1. The summed E-state index contributed by atoms with van der Waals surface area (Å²) in [7, 11) is 4.05. The maximum atomic E-state index is 8.86. The van der Waals surface area contributed by atoms with Crippen molar-refractivity contribution in [2.75, 3.05) is 33.8 Å². The minimum Gasteiger partial charge on any atom is -0.395 e. The number of hydrogen-bond donors (Lipinski definition) is 2. The zero-order chi connectivity index (χ0) is 12.7. The first-order chi connectivity index (χ1) is 8.19. The van der Waals surface area contributed by atoms with E-state index in [1.54, 1.807) is 0 Å². The number of aryl methyl sites for hydroxylation is 1. The highest BCUT2D eigenvalue weighted by molar-refractivity contribution is 5.28. The Morgan fingerprint density at radius 1 is 1.29 bits per heavy atom. The van der Waals surface area contributed by atoms with Gasteiger partial charge in [-0.15, -0.1) is 0 Å². The van der Waals surface area contributed by atoms with Crippen molar-refractivity contribution >= 4 is 0 Å². The van der Waals surface area contributed by atoms with E-state index in [4.69, 9.17) is 5.11 Å². The second kappa shape index (κ2) is 7.43. The number of aliphatic hydroxyl groups excluding tert-OH is 1. The molecule has 2 N–H and O–H groups in total. The molecule has 0 saturated heterocycles. The summed E-state index contributed by atoms with van der Waals surface area (Å²) >= 11 is 0. The van der Waals surface area contributed by atoms with E-state index >= 15 is 0 Å². The largest absolute Gasteiger partial charge is 0.395 e. The SMILES string of the molecule is CNC(CCN(C)CCO)c1ccccc1C. The minimum atomic E-state index is 0.227. The Hall–Kier alpha value is -0.900. The van der Waals surface area contributed by atoms with Crippen molar-refractivity contribution in [2.45, 2.75) is 19.4 Å². The third-order valence-electron chi connectivity index (χ3n) is 3.19. The number of aliphatic hydroxyl groups is 1. The molecule has 1 aromatic rings. The molecule has 0 spiro atoms. The van der Waals surface area contributed by atoms with Gasteiger partial charge in [0.05, 0.1) is 6.61 Å². The molecule has 0 fully saturated rings. The van der Waals surface area contributed by atoms with Crippen LogP contribution in [0.15, 0.2) is 24.3 Å². The number of hydrogen-bond acceptors (Lipinski definition) is 3. The van der Waals surface area contributed by atoms with Crippen LogP contribution in [0.1, 0.15) is 23.6 Å². The van der Waals surface area contributed by atoms with Crippen LogP contribution < -0.4 is 5.32 Å². The molecule has 1 unspecified atom stereocenters. The van der Waals surface area contributed by atoms with Crippen LogP contribution in [0.2, 0.25) is 0 Å². The standard InChI is InChI=1S/C14H24N2O/c1-12-6-4-5-7-13(12)14(15-2)8-9-16(3)10-11-17/h4-7,14-15,17H,8-11H2,1-3H3. The number of nitrogens with zero attached hydrogens (tertiary/aromatic N) is 1. The van der Waals surface area contributed by atoms with Crippen molar-refractivity contribution < 1.29 is 5.11 Å². The molecule has 3 heteroatoms. The summed E-state index contributed by atoms with van der Waals surface area (Å²) in [5.74, 6) is 0. The predicted molar refractivity (Wildman–Crippen MR) is 72.2 cm³/mol. The Labute approximate surface area is 104 Å². The van der Waals surface area contributed by atoms with E-state index in [0.717, 1.165) is 19.5 Å². The Kier molecular flexibility index (Phi) is 6.19. The lowest BCUT2D eigenvalue weighted by atomic mass is 9.99. The molecule has 0 bridgehead atoms. The van der Waals surface area contributed by atoms with Crippen LogP contribution in [0.4, 0.5) is 0 Å². The van der Waals surface area contributed by atoms with Gasteiger partial charge in [0.2, 0.25) is 0 Å². The first-order valence-electron chi connectivity index (χ1n) is 6.21. The van der Waals surface area contributed by atoms with E-state index in [9.17, 15) is 0 Å². The van der Waals surface area contributed by atoms with Crippen LogP contribution in [0.25, 0.3) is 0 Å². The molecule has 1 rings (SSSR count). The van der Waals surface area contributed by atoms with Crippen molar-refractivity contribution in [1.29, 1.82) is 0 Å². The summed E-state index contributed by atoms with van der Waals surface area (Å²) in [6.07, 6.45) is 1.05. The Morgan fingerprint density at radius 3 is 2.59 bits per heavy atom. The molecule has 0 heterocycles.